The summed E-state index contributed by atoms with van der Waals surface area (Å²) in [4.78, 5) is 27.2. The maximum absolute atomic E-state index is 12.3. The topological polar surface area (TPSA) is 74.0 Å². The van der Waals surface area contributed by atoms with Crippen LogP contribution < -0.4 is 10.6 Å². The first kappa shape index (κ1) is 16.1. The van der Waals surface area contributed by atoms with E-state index in [0.29, 0.717) is 12.1 Å². The summed E-state index contributed by atoms with van der Waals surface area (Å²) in [6, 6.07) is 5.73. The fraction of sp³-hybridized carbons (Fsp3) is 0.368. The minimum atomic E-state index is -0.164. The highest BCUT2D eigenvalue weighted by Crippen LogP contribution is 2.29. The summed E-state index contributed by atoms with van der Waals surface area (Å²) in [7, 11) is 0. The Morgan fingerprint density at radius 3 is 2.88 bits per heavy atom. The number of H-pyrrole nitrogens is 1. The Hall–Kier alpha value is -2.74. The van der Waals surface area contributed by atoms with Crippen molar-refractivity contribution < 1.29 is 9.59 Å². The number of terminal acetylenes is 1. The van der Waals surface area contributed by atoms with Crippen molar-refractivity contribution in [1.82, 2.24) is 15.6 Å². The molecule has 5 nitrogen and oxygen atoms in total. The number of hydrogen-bond acceptors (Lipinski definition) is 2. The zero-order valence-electron chi connectivity index (χ0n) is 13.6. The molecule has 124 valence electrons. The van der Waals surface area contributed by atoms with Crippen molar-refractivity contribution in [3.05, 3.63) is 35.0 Å². The number of nitrogens with one attached hydrogen (secondary N) is 3. The molecule has 24 heavy (non-hydrogen) atoms. The molecule has 1 heterocycles. The third-order valence-corrected chi connectivity index (χ3v) is 4.39. The van der Waals surface area contributed by atoms with Crippen molar-refractivity contribution in [2.24, 2.45) is 0 Å². The maximum atomic E-state index is 12.3. The van der Waals surface area contributed by atoms with Crippen LogP contribution in [0.15, 0.2) is 18.2 Å². The van der Waals surface area contributed by atoms with E-state index in [1.165, 1.54) is 24.1 Å². The third-order valence-electron chi connectivity index (χ3n) is 4.39. The van der Waals surface area contributed by atoms with E-state index in [-0.39, 0.29) is 24.8 Å². The highest BCUT2D eigenvalue weighted by atomic mass is 16.2. The van der Waals surface area contributed by atoms with Crippen LogP contribution in [0.5, 0.6) is 0 Å². The molecule has 2 aromatic rings. The number of aromatic nitrogens is 1. The second-order valence-corrected chi connectivity index (χ2v) is 6.04. The molecule has 1 aromatic carbocycles. The molecule has 1 aliphatic rings. The molecule has 0 saturated carbocycles. The van der Waals surface area contributed by atoms with Gasteiger partial charge in [-0.25, -0.2) is 0 Å². The lowest BCUT2D eigenvalue weighted by Gasteiger charge is -2.10. The number of fused-ring (bicyclic) bond motifs is 3. The molecule has 1 aromatic heterocycles. The monoisotopic (exact) mass is 323 g/mol. The lowest BCUT2D eigenvalue weighted by atomic mass is 9.95. The Bertz CT molecular complexity index is 814. The lowest BCUT2D eigenvalue weighted by molar-refractivity contribution is -0.120. The van der Waals surface area contributed by atoms with E-state index < -0.39 is 0 Å². The van der Waals surface area contributed by atoms with E-state index in [4.69, 9.17) is 6.42 Å². The molecule has 1 aliphatic carbocycles. The van der Waals surface area contributed by atoms with Gasteiger partial charge in [-0.15, -0.1) is 6.42 Å². The number of carbonyl (C=O) groups excluding carboxylic acids is 2. The van der Waals surface area contributed by atoms with Crippen molar-refractivity contribution in [3.63, 3.8) is 0 Å². The minimum Gasteiger partial charge on any atom is -0.358 e. The predicted octanol–water partition coefficient (Wildman–Crippen LogP) is 1.92. The van der Waals surface area contributed by atoms with Gasteiger partial charge in [0.25, 0.3) is 5.91 Å². The second-order valence-electron chi connectivity index (χ2n) is 6.04. The smallest absolute Gasteiger partial charge is 0.251 e. The highest BCUT2D eigenvalue weighted by Gasteiger charge is 2.16. The average molecular weight is 323 g/mol. The van der Waals surface area contributed by atoms with Crippen molar-refractivity contribution in [2.45, 2.75) is 32.1 Å². The van der Waals surface area contributed by atoms with E-state index in [1.807, 2.05) is 18.2 Å². The Morgan fingerprint density at radius 1 is 1.21 bits per heavy atom. The fourth-order valence-electron chi connectivity index (χ4n) is 3.18. The molecule has 0 bridgehead atoms. The van der Waals surface area contributed by atoms with Gasteiger partial charge in [-0.05, 0) is 49.4 Å². The molecule has 2 amide bonds. The van der Waals surface area contributed by atoms with E-state index >= 15 is 0 Å². The molecule has 0 spiro atoms. The van der Waals surface area contributed by atoms with Crippen LogP contribution in [-0.4, -0.2) is 29.9 Å². The van der Waals surface area contributed by atoms with Gasteiger partial charge in [0.1, 0.15) is 0 Å². The molecule has 3 N–H and O–H groups in total. The van der Waals surface area contributed by atoms with Crippen LogP contribution in [0.25, 0.3) is 10.9 Å². The summed E-state index contributed by atoms with van der Waals surface area (Å²) in [6.45, 7) is 0.501. The zero-order chi connectivity index (χ0) is 16.9. The fourth-order valence-corrected chi connectivity index (χ4v) is 3.18. The first-order valence-corrected chi connectivity index (χ1v) is 8.31. The van der Waals surface area contributed by atoms with Crippen LogP contribution in [0.4, 0.5) is 0 Å². The number of benzene rings is 1. The van der Waals surface area contributed by atoms with Crippen LogP contribution in [0.1, 0.15) is 40.9 Å². The Morgan fingerprint density at radius 2 is 2.04 bits per heavy atom. The first-order valence-electron chi connectivity index (χ1n) is 8.31. The molecule has 0 fully saturated rings. The molecule has 0 saturated heterocycles. The Labute approximate surface area is 141 Å². The van der Waals surface area contributed by atoms with Gasteiger partial charge in [0.15, 0.2) is 0 Å². The molecule has 5 heteroatoms. The summed E-state index contributed by atoms with van der Waals surface area (Å²) in [5.74, 6) is 2.02. The standard InChI is InChI=1S/C19H21N3O2/c1-2-10-20-18(23)9-11-21-19(24)13-7-8-17-15(12-13)14-5-3-4-6-16(14)22-17/h1,7-8,12,22H,3-6,9-11H2,(H,20,23)(H,21,24). The van der Waals surface area contributed by atoms with Gasteiger partial charge in [0.05, 0.1) is 6.54 Å². The van der Waals surface area contributed by atoms with Gasteiger partial charge < -0.3 is 15.6 Å². The van der Waals surface area contributed by atoms with E-state index in [0.717, 1.165) is 23.7 Å². The van der Waals surface area contributed by atoms with E-state index in [2.05, 4.69) is 21.5 Å². The molecule has 3 rings (SSSR count). The van der Waals surface area contributed by atoms with E-state index in [9.17, 15) is 9.59 Å². The largest absolute Gasteiger partial charge is 0.358 e. The number of aromatic amines is 1. The summed E-state index contributed by atoms with van der Waals surface area (Å²) < 4.78 is 0. The van der Waals surface area contributed by atoms with Crippen molar-refractivity contribution in [2.75, 3.05) is 13.1 Å². The quantitative estimate of drug-likeness (QED) is 0.736. The average Bonchev–Trinajstić information content (AvgIpc) is 2.97. The van der Waals surface area contributed by atoms with Gasteiger partial charge in [0, 0.05) is 35.1 Å². The summed E-state index contributed by atoms with van der Waals surface area (Å²) in [5.41, 5.74) is 4.37. The number of hydrogen-bond donors (Lipinski definition) is 3. The van der Waals surface area contributed by atoms with Crippen LogP contribution >= 0.6 is 0 Å². The van der Waals surface area contributed by atoms with Gasteiger partial charge in [-0.1, -0.05) is 5.92 Å². The first-order chi connectivity index (χ1) is 11.7. The van der Waals surface area contributed by atoms with Crippen LogP contribution in [0.3, 0.4) is 0 Å². The van der Waals surface area contributed by atoms with Crippen molar-refractivity contribution in [3.8, 4) is 12.3 Å². The highest BCUT2D eigenvalue weighted by molar-refractivity contribution is 5.99. The van der Waals surface area contributed by atoms with Crippen molar-refractivity contribution >= 4 is 22.7 Å². The van der Waals surface area contributed by atoms with Crippen LogP contribution in [0, 0.1) is 12.3 Å². The van der Waals surface area contributed by atoms with Gasteiger partial charge >= 0.3 is 0 Å². The lowest BCUT2D eigenvalue weighted by Crippen LogP contribution is -2.30. The number of rotatable bonds is 5. The SMILES string of the molecule is C#CCNC(=O)CCNC(=O)c1ccc2[nH]c3c(c2c1)CCCC3. The Balaban J connectivity index is 1.65. The summed E-state index contributed by atoms with van der Waals surface area (Å²) >= 11 is 0. The van der Waals surface area contributed by atoms with E-state index in [1.54, 1.807) is 0 Å². The van der Waals surface area contributed by atoms with Crippen molar-refractivity contribution in [1.29, 1.82) is 0 Å². The van der Waals surface area contributed by atoms with Gasteiger partial charge in [-0.3, -0.25) is 9.59 Å². The summed E-state index contributed by atoms with van der Waals surface area (Å²) in [6.07, 6.45) is 9.86. The molecule has 0 radical (unpaired) electrons. The minimum absolute atomic E-state index is 0.160. The van der Waals surface area contributed by atoms with Crippen LogP contribution in [0.2, 0.25) is 0 Å². The number of aryl methyl sites for hydroxylation is 2. The zero-order valence-corrected chi connectivity index (χ0v) is 13.6. The maximum Gasteiger partial charge on any atom is 0.251 e. The predicted molar refractivity (Wildman–Crippen MR) is 93.7 cm³/mol. The van der Waals surface area contributed by atoms with Gasteiger partial charge in [-0.2, -0.15) is 0 Å². The third kappa shape index (κ3) is 3.43. The Kier molecular flexibility index (Phi) is 4.85. The van der Waals surface area contributed by atoms with Gasteiger partial charge in [0.2, 0.25) is 5.91 Å². The molecule has 0 aliphatic heterocycles. The molecule has 0 unspecified atom stereocenters. The molecule has 0 atom stereocenters. The number of amides is 2. The van der Waals surface area contributed by atoms with Crippen LogP contribution in [-0.2, 0) is 17.6 Å². The normalized spacial score (nSPS) is 13.1. The molecular formula is C19H21N3O2. The summed E-state index contributed by atoms with van der Waals surface area (Å²) in [5, 5.41) is 6.49. The molecular weight excluding hydrogens is 302 g/mol. The second kappa shape index (κ2) is 7.22. The number of carbonyl (C=O) groups is 2.